The molecule has 0 aliphatic rings. The molecule has 4 aromatic rings. The largest absolute Gasteiger partial charge is 0.496 e. The number of aromatic amines is 1. The molecule has 28 heavy (non-hydrogen) atoms. The van der Waals surface area contributed by atoms with Gasteiger partial charge in [-0.15, -0.1) is 0 Å². The Hall–Kier alpha value is -3.18. The van der Waals surface area contributed by atoms with E-state index in [1.807, 2.05) is 44.2 Å². The van der Waals surface area contributed by atoms with Crippen molar-refractivity contribution in [2.24, 2.45) is 5.73 Å². The predicted octanol–water partition coefficient (Wildman–Crippen LogP) is 4.82. The molecule has 0 fully saturated rings. The van der Waals surface area contributed by atoms with Crippen molar-refractivity contribution in [3.05, 3.63) is 75.8 Å². The van der Waals surface area contributed by atoms with Crippen molar-refractivity contribution in [3.8, 4) is 16.9 Å². The first-order chi connectivity index (χ1) is 13.4. The molecule has 0 unspecified atom stereocenters. The van der Waals surface area contributed by atoms with Crippen LogP contribution in [-0.4, -0.2) is 12.1 Å². The lowest BCUT2D eigenvalue weighted by Crippen LogP contribution is -2.10. The average Bonchev–Trinajstić information content (AvgIpc) is 2.68. The molecule has 0 saturated heterocycles. The van der Waals surface area contributed by atoms with E-state index in [0.717, 1.165) is 27.6 Å². The number of aromatic nitrogens is 1. The number of aryl methyl sites for hydroxylation is 1. The Morgan fingerprint density at radius 1 is 1.11 bits per heavy atom. The molecular weight excluding hydrogens is 355 g/mol. The molecule has 0 aliphatic carbocycles. The topological polar surface area (TPSA) is 68.1 Å². The standard InChI is InChI=1S/C23H21FN2O2/c1-12-11-18(28-3)19(15-9-7-14(8-10-15)13(2)25)21-16-5-4-6-17(24)20(16)23(27)26-22(12)21/h4-11,13H,25H2,1-3H3,(H,26,27)/t13-/m1/s1. The Kier molecular flexibility index (Phi) is 4.40. The fourth-order valence-corrected chi connectivity index (χ4v) is 3.76. The van der Waals surface area contributed by atoms with E-state index in [1.54, 1.807) is 19.2 Å². The zero-order chi connectivity index (χ0) is 20.0. The van der Waals surface area contributed by atoms with Gasteiger partial charge in [-0.05, 0) is 42.7 Å². The van der Waals surface area contributed by atoms with Gasteiger partial charge in [0.15, 0.2) is 0 Å². The van der Waals surface area contributed by atoms with Gasteiger partial charge in [0.05, 0.1) is 18.0 Å². The van der Waals surface area contributed by atoms with Gasteiger partial charge in [-0.1, -0.05) is 36.4 Å². The Bertz CT molecular complexity index is 1260. The normalized spacial score (nSPS) is 12.5. The van der Waals surface area contributed by atoms with Gasteiger partial charge in [-0.3, -0.25) is 4.79 Å². The molecule has 0 bridgehead atoms. The van der Waals surface area contributed by atoms with Crippen molar-refractivity contribution in [1.82, 2.24) is 4.98 Å². The van der Waals surface area contributed by atoms with E-state index >= 15 is 0 Å². The van der Waals surface area contributed by atoms with Crippen molar-refractivity contribution < 1.29 is 9.13 Å². The predicted molar refractivity (Wildman–Crippen MR) is 111 cm³/mol. The summed E-state index contributed by atoms with van der Waals surface area (Å²) in [5.74, 6) is 0.121. The number of pyridine rings is 1. The van der Waals surface area contributed by atoms with Crippen LogP contribution in [0.25, 0.3) is 32.8 Å². The number of rotatable bonds is 3. The summed E-state index contributed by atoms with van der Waals surface area (Å²) < 4.78 is 20.1. The number of fused-ring (bicyclic) bond motifs is 3. The lowest BCUT2D eigenvalue weighted by Gasteiger charge is -2.17. The van der Waals surface area contributed by atoms with Crippen LogP contribution in [0.2, 0.25) is 0 Å². The van der Waals surface area contributed by atoms with Crippen molar-refractivity contribution >= 4 is 21.7 Å². The number of H-pyrrole nitrogens is 1. The lowest BCUT2D eigenvalue weighted by molar-refractivity contribution is 0.416. The maximum absolute atomic E-state index is 14.5. The summed E-state index contributed by atoms with van der Waals surface area (Å²) in [6, 6.07) is 14.4. The quantitative estimate of drug-likeness (QED) is 0.504. The van der Waals surface area contributed by atoms with Crippen molar-refractivity contribution in [1.29, 1.82) is 0 Å². The zero-order valence-corrected chi connectivity index (χ0v) is 16.0. The minimum absolute atomic E-state index is 0.0519. The van der Waals surface area contributed by atoms with E-state index < -0.39 is 11.4 Å². The molecule has 142 valence electrons. The fraction of sp³-hybridized carbons (Fsp3) is 0.174. The SMILES string of the molecule is COc1cc(C)c2[nH]c(=O)c3c(F)cccc3c2c1-c1ccc([C@@H](C)N)cc1. The number of hydrogen-bond donors (Lipinski definition) is 2. The van der Waals surface area contributed by atoms with Crippen LogP contribution in [0.15, 0.2) is 53.3 Å². The van der Waals surface area contributed by atoms with Gasteiger partial charge in [-0.2, -0.15) is 0 Å². The minimum atomic E-state index is -0.542. The van der Waals surface area contributed by atoms with Crippen LogP contribution in [0.3, 0.4) is 0 Å². The van der Waals surface area contributed by atoms with Gasteiger partial charge < -0.3 is 15.5 Å². The second kappa shape index (κ2) is 6.77. The Labute approximate surface area is 161 Å². The molecule has 3 aromatic carbocycles. The van der Waals surface area contributed by atoms with Crippen LogP contribution < -0.4 is 16.0 Å². The molecule has 1 heterocycles. The van der Waals surface area contributed by atoms with Gasteiger partial charge in [0, 0.05) is 22.4 Å². The molecular formula is C23H21FN2O2. The summed E-state index contributed by atoms with van der Waals surface area (Å²) in [7, 11) is 1.61. The lowest BCUT2D eigenvalue weighted by atomic mass is 9.92. The zero-order valence-electron chi connectivity index (χ0n) is 16.0. The molecule has 0 spiro atoms. The average molecular weight is 376 g/mol. The monoisotopic (exact) mass is 376 g/mol. The molecule has 4 rings (SSSR count). The van der Waals surface area contributed by atoms with Gasteiger partial charge in [0.2, 0.25) is 0 Å². The van der Waals surface area contributed by atoms with Crippen LogP contribution in [0.5, 0.6) is 5.75 Å². The molecule has 1 aromatic heterocycles. The van der Waals surface area contributed by atoms with Crippen LogP contribution in [-0.2, 0) is 0 Å². The highest BCUT2D eigenvalue weighted by Gasteiger charge is 2.19. The smallest absolute Gasteiger partial charge is 0.259 e. The molecule has 0 amide bonds. The van der Waals surface area contributed by atoms with Crippen molar-refractivity contribution in [2.45, 2.75) is 19.9 Å². The maximum atomic E-state index is 14.5. The van der Waals surface area contributed by atoms with E-state index in [4.69, 9.17) is 10.5 Å². The number of hydrogen-bond acceptors (Lipinski definition) is 3. The van der Waals surface area contributed by atoms with E-state index in [0.29, 0.717) is 16.7 Å². The van der Waals surface area contributed by atoms with Crippen molar-refractivity contribution in [2.75, 3.05) is 7.11 Å². The first-order valence-corrected chi connectivity index (χ1v) is 9.10. The van der Waals surface area contributed by atoms with Gasteiger partial charge in [0.1, 0.15) is 11.6 Å². The molecule has 1 atom stereocenters. The van der Waals surface area contributed by atoms with Crippen molar-refractivity contribution in [3.63, 3.8) is 0 Å². The second-order valence-corrected chi connectivity index (χ2v) is 7.05. The van der Waals surface area contributed by atoms with Gasteiger partial charge in [0.25, 0.3) is 5.56 Å². The molecule has 0 saturated carbocycles. The molecule has 4 nitrogen and oxygen atoms in total. The Morgan fingerprint density at radius 3 is 2.46 bits per heavy atom. The number of benzene rings is 3. The van der Waals surface area contributed by atoms with Crippen LogP contribution in [0, 0.1) is 12.7 Å². The summed E-state index contributed by atoms with van der Waals surface area (Å²) in [6.45, 7) is 3.83. The molecule has 0 aliphatic heterocycles. The van der Waals surface area contributed by atoms with E-state index in [-0.39, 0.29) is 11.4 Å². The summed E-state index contributed by atoms with van der Waals surface area (Å²) >= 11 is 0. The Morgan fingerprint density at radius 2 is 1.82 bits per heavy atom. The van der Waals surface area contributed by atoms with Gasteiger partial charge in [-0.25, -0.2) is 4.39 Å². The van der Waals surface area contributed by atoms with E-state index in [9.17, 15) is 9.18 Å². The van der Waals surface area contributed by atoms with Crippen LogP contribution >= 0.6 is 0 Å². The van der Waals surface area contributed by atoms with Crippen LogP contribution in [0.1, 0.15) is 24.1 Å². The third-order valence-corrected chi connectivity index (χ3v) is 5.18. The summed E-state index contributed by atoms with van der Waals surface area (Å²) in [5, 5.41) is 1.38. The van der Waals surface area contributed by atoms with Crippen LogP contribution in [0.4, 0.5) is 4.39 Å². The van der Waals surface area contributed by atoms with E-state index in [1.165, 1.54) is 6.07 Å². The summed E-state index contributed by atoms with van der Waals surface area (Å²) in [5.41, 5.74) is 9.80. The molecule has 0 radical (unpaired) electrons. The summed E-state index contributed by atoms with van der Waals surface area (Å²) in [6.07, 6.45) is 0. The Balaban J connectivity index is 2.19. The number of ether oxygens (including phenoxy) is 1. The number of nitrogens with one attached hydrogen (secondary N) is 1. The third-order valence-electron chi connectivity index (χ3n) is 5.18. The van der Waals surface area contributed by atoms with E-state index in [2.05, 4.69) is 4.98 Å². The molecule has 3 N–H and O–H groups in total. The first-order valence-electron chi connectivity index (χ1n) is 9.10. The highest BCUT2D eigenvalue weighted by atomic mass is 19.1. The summed E-state index contributed by atoms with van der Waals surface area (Å²) in [4.78, 5) is 15.4. The highest BCUT2D eigenvalue weighted by molar-refractivity contribution is 6.15. The fourth-order valence-electron chi connectivity index (χ4n) is 3.76. The number of halogens is 1. The number of nitrogens with two attached hydrogens (primary N) is 1. The minimum Gasteiger partial charge on any atom is -0.496 e. The maximum Gasteiger partial charge on any atom is 0.259 e. The van der Waals surface area contributed by atoms with Gasteiger partial charge >= 0.3 is 0 Å². The first kappa shape index (κ1) is 18.2. The number of methoxy groups -OCH3 is 1. The third kappa shape index (κ3) is 2.75. The second-order valence-electron chi connectivity index (χ2n) is 7.05. The highest BCUT2D eigenvalue weighted by Crippen LogP contribution is 2.41. The molecule has 5 heteroatoms.